The predicted molar refractivity (Wildman–Crippen MR) is 64.5 cm³/mol. The molecule has 0 unspecified atom stereocenters. The van der Waals surface area contributed by atoms with Crippen molar-refractivity contribution < 1.29 is 4.79 Å². The number of aryl methyl sites for hydroxylation is 1. The van der Waals surface area contributed by atoms with Gasteiger partial charge in [0.15, 0.2) is 0 Å². The standard InChI is InChI=1S/C12H18N4O/c1-9-6-15-10(7-14-9)11(17)16-12(8-13)4-2-3-5-12/h6-7H,2-5,8,13H2,1H3,(H,16,17). The number of rotatable bonds is 3. The maximum absolute atomic E-state index is 12.0. The number of hydrogen-bond acceptors (Lipinski definition) is 4. The second kappa shape index (κ2) is 4.79. The average Bonchev–Trinajstić information content (AvgIpc) is 2.79. The van der Waals surface area contributed by atoms with Crippen molar-refractivity contribution in [3.05, 3.63) is 23.8 Å². The Morgan fingerprint density at radius 2 is 2.12 bits per heavy atom. The van der Waals surface area contributed by atoms with Crippen LogP contribution in [0.5, 0.6) is 0 Å². The minimum Gasteiger partial charge on any atom is -0.344 e. The number of hydrogen-bond donors (Lipinski definition) is 2. The van der Waals surface area contributed by atoms with E-state index in [4.69, 9.17) is 5.73 Å². The number of nitrogens with one attached hydrogen (secondary N) is 1. The van der Waals surface area contributed by atoms with Crippen molar-refractivity contribution >= 4 is 5.91 Å². The Hall–Kier alpha value is -1.49. The molecule has 0 bridgehead atoms. The van der Waals surface area contributed by atoms with Gasteiger partial charge in [-0.15, -0.1) is 0 Å². The van der Waals surface area contributed by atoms with Gasteiger partial charge in [-0.1, -0.05) is 12.8 Å². The fourth-order valence-corrected chi connectivity index (χ4v) is 2.25. The van der Waals surface area contributed by atoms with Gasteiger partial charge in [0.05, 0.1) is 17.4 Å². The van der Waals surface area contributed by atoms with Gasteiger partial charge in [-0.2, -0.15) is 0 Å². The maximum Gasteiger partial charge on any atom is 0.271 e. The second-order valence-electron chi connectivity index (χ2n) is 4.69. The van der Waals surface area contributed by atoms with Crippen molar-refractivity contribution in [3.63, 3.8) is 0 Å². The van der Waals surface area contributed by atoms with Gasteiger partial charge in [0, 0.05) is 12.7 Å². The Morgan fingerprint density at radius 1 is 1.41 bits per heavy atom. The number of carbonyl (C=O) groups excluding carboxylic acids is 1. The lowest BCUT2D eigenvalue weighted by Crippen LogP contribution is -2.51. The molecule has 0 radical (unpaired) electrons. The van der Waals surface area contributed by atoms with E-state index in [1.54, 1.807) is 6.20 Å². The van der Waals surface area contributed by atoms with Crippen LogP contribution in [-0.4, -0.2) is 28.0 Å². The van der Waals surface area contributed by atoms with Gasteiger partial charge in [0.1, 0.15) is 5.69 Å². The molecule has 0 aliphatic heterocycles. The molecular formula is C12H18N4O. The molecule has 1 fully saturated rings. The molecule has 5 nitrogen and oxygen atoms in total. The summed E-state index contributed by atoms with van der Waals surface area (Å²) in [6.07, 6.45) is 7.25. The fraction of sp³-hybridized carbons (Fsp3) is 0.583. The highest BCUT2D eigenvalue weighted by molar-refractivity contribution is 5.92. The van der Waals surface area contributed by atoms with E-state index >= 15 is 0 Å². The first-order valence-electron chi connectivity index (χ1n) is 5.96. The van der Waals surface area contributed by atoms with Crippen LogP contribution in [-0.2, 0) is 0 Å². The highest BCUT2D eigenvalue weighted by atomic mass is 16.2. The monoisotopic (exact) mass is 234 g/mol. The molecule has 5 heteroatoms. The van der Waals surface area contributed by atoms with Crippen LogP contribution in [0, 0.1) is 6.92 Å². The van der Waals surface area contributed by atoms with E-state index in [-0.39, 0.29) is 11.4 Å². The predicted octanol–water partition coefficient (Wildman–Crippen LogP) is 0.786. The van der Waals surface area contributed by atoms with E-state index in [0.717, 1.165) is 31.4 Å². The molecule has 0 saturated heterocycles. The van der Waals surface area contributed by atoms with Crippen LogP contribution in [0.2, 0.25) is 0 Å². The molecule has 1 aromatic rings. The molecule has 1 heterocycles. The van der Waals surface area contributed by atoms with E-state index in [1.165, 1.54) is 6.20 Å². The zero-order chi connectivity index (χ0) is 12.3. The van der Waals surface area contributed by atoms with Gasteiger partial charge < -0.3 is 11.1 Å². The van der Waals surface area contributed by atoms with Gasteiger partial charge in [-0.25, -0.2) is 4.98 Å². The molecular weight excluding hydrogens is 216 g/mol. The molecule has 2 rings (SSSR count). The fourth-order valence-electron chi connectivity index (χ4n) is 2.25. The van der Waals surface area contributed by atoms with Gasteiger partial charge in [-0.3, -0.25) is 9.78 Å². The van der Waals surface area contributed by atoms with Crippen LogP contribution in [0.3, 0.4) is 0 Å². The van der Waals surface area contributed by atoms with Gasteiger partial charge in [-0.05, 0) is 19.8 Å². The summed E-state index contributed by atoms with van der Waals surface area (Å²) in [4.78, 5) is 20.1. The molecule has 1 saturated carbocycles. The summed E-state index contributed by atoms with van der Waals surface area (Å²) in [5.74, 6) is -0.176. The summed E-state index contributed by atoms with van der Waals surface area (Å²) in [7, 11) is 0. The first-order valence-corrected chi connectivity index (χ1v) is 5.96. The quantitative estimate of drug-likeness (QED) is 0.810. The van der Waals surface area contributed by atoms with E-state index in [0.29, 0.717) is 12.2 Å². The molecule has 1 amide bonds. The first-order chi connectivity index (χ1) is 8.15. The lowest BCUT2D eigenvalue weighted by molar-refractivity contribution is 0.0897. The van der Waals surface area contributed by atoms with Crippen molar-refractivity contribution in [2.24, 2.45) is 5.73 Å². The zero-order valence-corrected chi connectivity index (χ0v) is 10.1. The number of nitrogens with zero attached hydrogens (tertiary/aromatic N) is 2. The third-order valence-electron chi connectivity index (χ3n) is 3.34. The molecule has 1 aliphatic carbocycles. The highest BCUT2D eigenvalue weighted by Gasteiger charge is 2.34. The molecule has 1 aromatic heterocycles. The minimum absolute atomic E-state index is 0.176. The molecule has 92 valence electrons. The summed E-state index contributed by atoms with van der Waals surface area (Å²) in [5, 5.41) is 3.01. The summed E-state index contributed by atoms with van der Waals surface area (Å²) >= 11 is 0. The number of amides is 1. The van der Waals surface area contributed by atoms with E-state index in [2.05, 4.69) is 15.3 Å². The van der Waals surface area contributed by atoms with E-state index in [1.807, 2.05) is 6.92 Å². The maximum atomic E-state index is 12.0. The van der Waals surface area contributed by atoms with Crippen LogP contribution >= 0.6 is 0 Å². The van der Waals surface area contributed by atoms with Crippen LogP contribution in [0.15, 0.2) is 12.4 Å². The lowest BCUT2D eigenvalue weighted by atomic mass is 9.97. The molecule has 0 aromatic carbocycles. The second-order valence-corrected chi connectivity index (χ2v) is 4.69. The Labute approximate surface area is 101 Å². The smallest absolute Gasteiger partial charge is 0.271 e. The van der Waals surface area contributed by atoms with Crippen molar-refractivity contribution in [2.45, 2.75) is 38.1 Å². The van der Waals surface area contributed by atoms with Crippen LogP contribution < -0.4 is 11.1 Å². The summed E-state index contributed by atoms with van der Waals surface area (Å²) < 4.78 is 0. The van der Waals surface area contributed by atoms with Crippen molar-refractivity contribution in [2.75, 3.05) is 6.54 Å². The molecule has 1 aliphatic rings. The Balaban J connectivity index is 2.08. The number of nitrogens with two attached hydrogens (primary N) is 1. The normalized spacial score (nSPS) is 18.0. The van der Waals surface area contributed by atoms with Gasteiger partial charge in [0.25, 0.3) is 5.91 Å². The van der Waals surface area contributed by atoms with Crippen molar-refractivity contribution in [1.82, 2.24) is 15.3 Å². The minimum atomic E-state index is -0.232. The van der Waals surface area contributed by atoms with Crippen molar-refractivity contribution in [1.29, 1.82) is 0 Å². The Bertz CT molecular complexity index is 395. The lowest BCUT2D eigenvalue weighted by Gasteiger charge is -2.28. The molecule has 17 heavy (non-hydrogen) atoms. The van der Waals surface area contributed by atoms with E-state index < -0.39 is 0 Å². The van der Waals surface area contributed by atoms with Gasteiger partial charge in [0.2, 0.25) is 0 Å². The first kappa shape index (κ1) is 12.0. The average molecular weight is 234 g/mol. The third kappa shape index (κ3) is 2.61. The number of aromatic nitrogens is 2. The topological polar surface area (TPSA) is 80.9 Å². The third-order valence-corrected chi connectivity index (χ3v) is 3.34. The molecule has 3 N–H and O–H groups in total. The summed E-state index contributed by atoms with van der Waals surface area (Å²) in [5.41, 5.74) is 6.69. The SMILES string of the molecule is Cc1cnc(C(=O)NC2(CN)CCCC2)cn1. The van der Waals surface area contributed by atoms with Gasteiger partial charge >= 0.3 is 0 Å². The van der Waals surface area contributed by atoms with Crippen LogP contribution in [0.1, 0.15) is 41.9 Å². The summed E-state index contributed by atoms with van der Waals surface area (Å²) in [6.45, 7) is 2.32. The van der Waals surface area contributed by atoms with Crippen LogP contribution in [0.4, 0.5) is 0 Å². The Morgan fingerprint density at radius 3 is 2.65 bits per heavy atom. The molecule has 0 atom stereocenters. The zero-order valence-electron chi connectivity index (χ0n) is 10.1. The molecule has 0 spiro atoms. The largest absolute Gasteiger partial charge is 0.344 e. The summed E-state index contributed by atoms with van der Waals surface area (Å²) in [6, 6.07) is 0. The van der Waals surface area contributed by atoms with Crippen LogP contribution in [0.25, 0.3) is 0 Å². The Kier molecular flexibility index (Phi) is 3.38. The number of carbonyl (C=O) groups is 1. The highest BCUT2D eigenvalue weighted by Crippen LogP contribution is 2.28. The van der Waals surface area contributed by atoms with E-state index in [9.17, 15) is 4.79 Å². The van der Waals surface area contributed by atoms with Crippen molar-refractivity contribution in [3.8, 4) is 0 Å².